The summed E-state index contributed by atoms with van der Waals surface area (Å²) in [5.41, 5.74) is 3.50. The Kier molecular flexibility index (Phi) is 5.51. The van der Waals surface area contributed by atoms with Crippen molar-refractivity contribution in [3.8, 4) is 11.3 Å². The highest BCUT2D eigenvalue weighted by atomic mass is 35.5. The summed E-state index contributed by atoms with van der Waals surface area (Å²) in [5.74, 6) is -1.92. The van der Waals surface area contributed by atoms with E-state index in [-0.39, 0.29) is 29.3 Å². The molecule has 0 amide bonds. The van der Waals surface area contributed by atoms with Gasteiger partial charge in [-0.1, -0.05) is 17.7 Å². The van der Waals surface area contributed by atoms with Crippen molar-refractivity contribution in [2.45, 2.75) is 6.54 Å². The van der Waals surface area contributed by atoms with E-state index in [1.165, 1.54) is 12.1 Å². The van der Waals surface area contributed by atoms with Crippen LogP contribution in [-0.4, -0.2) is 26.8 Å². The van der Waals surface area contributed by atoms with Gasteiger partial charge in [-0.25, -0.2) is 23.5 Å². The minimum atomic E-state index is -1.02. The lowest BCUT2D eigenvalue weighted by Gasteiger charge is -2.13. The van der Waals surface area contributed by atoms with Crippen LogP contribution in [0.1, 0.15) is 27.0 Å². The standard InChI is InChI=1S/C25H15ClF2N4O2/c26-15-3-7-18-19(9-15)23(20-10-16(27)4-8-21(20)28)29-11-14-12-30-25(32-22(14)18)31-17-5-1-13(2-6-17)24(33)34/h1-10,12H,11H2,(H,33,34)(H,30,31,32). The highest BCUT2D eigenvalue weighted by Gasteiger charge is 2.23. The Labute approximate surface area is 197 Å². The van der Waals surface area contributed by atoms with E-state index in [1.54, 1.807) is 36.5 Å². The van der Waals surface area contributed by atoms with Crippen LogP contribution in [0.3, 0.4) is 0 Å². The second-order valence-corrected chi connectivity index (χ2v) is 7.99. The van der Waals surface area contributed by atoms with Crippen molar-refractivity contribution in [3.63, 3.8) is 0 Å². The molecule has 3 aromatic carbocycles. The molecule has 6 nitrogen and oxygen atoms in total. The average Bonchev–Trinajstić information content (AvgIpc) is 2.97. The smallest absolute Gasteiger partial charge is 0.335 e. The summed E-state index contributed by atoms with van der Waals surface area (Å²) in [7, 11) is 0. The zero-order valence-corrected chi connectivity index (χ0v) is 18.1. The molecule has 0 spiro atoms. The summed E-state index contributed by atoms with van der Waals surface area (Å²) >= 11 is 6.24. The number of hydrogen-bond acceptors (Lipinski definition) is 5. The SMILES string of the molecule is O=C(O)c1ccc(Nc2ncc3c(n2)-c2ccc(Cl)cc2C(c2cc(F)ccc2F)=NC3)cc1. The fourth-order valence-electron chi connectivity index (χ4n) is 3.72. The molecule has 0 fully saturated rings. The first-order chi connectivity index (χ1) is 16.4. The summed E-state index contributed by atoms with van der Waals surface area (Å²) in [6.07, 6.45) is 1.61. The summed E-state index contributed by atoms with van der Waals surface area (Å²) in [6, 6.07) is 14.5. The Morgan fingerprint density at radius 3 is 2.53 bits per heavy atom. The lowest BCUT2D eigenvalue weighted by molar-refractivity contribution is 0.0697. The molecule has 1 aromatic heterocycles. The number of benzene rings is 3. The summed E-state index contributed by atoms with van der Waals surface area (Å²) in [6.45, 7) is 0.153. The summed E-state index contributed by atoms with van der Waals surface area (Å²) in [4.78, 5) is 24.6. The number of carbonyl (C=O) groups is 1. The second kappa shape index (κ2) is 8.64. The van der Waals surface area contributed by atoms with Gasteiger partial charge in [0.2, 0.25) is 5.95 Å². The van der Waals surface area contributed by atoms with Gasteiger partial charge in [0.15, 0.2) is 0 Å². The van der Waals surface area contributed by atoms with Gasteiger partial charge in [0.05, 0.1) is 23.5 Å². The molecule has 0 bridgehead atoms. The van der Waals surface area contributed by atoms with E-state index in [9.17, 15) is 13.6 Å². The number of anilines is 2. The van der Waals surface area contributed by atoms with Crippen molar-refractivity contribution in [1.29, 1.82) is 0 Å². The molecule has 5 rings (SSSR count). The lowest BCUT2D eigenvalue weighted by atomic mass is 9.95. The first-order valence-corrected chi connectivity index (χ1v) is 10.5. The molecule has 0 radical (unpaired) electrons. The Hall–Kier alpha value is -4.17. The van der Waals surface area contributed by atoms with Gasteiger partial charge in [0, 0.05) is 39.2 Å². The molecule has 4 aromatic rings. The Balaban J connectivity index is 1.58. The van der Waals surface area contributed by atoms with Gasteiger partial charge < -0.3 is 10.4 Å². The average molecular weight is 477 g/mol. The Bertz CT molecular complexity index is 1470. The van der Waals surface area contributed by atoms with Crippen LogP contribution in [0.4, 0.5) is 20.4 Å². The van der Waals surface area contributed by atoms with Crippen molar-refractivity contribution in [2.75, 3.05) is 5.32 Å². The van der Waals surface area contributed by atoms with E-state index < -0.39 is 17.6 Å². The number of rotatable bonds is 4. The molecule has 0 saturated carbocycles. The van der Waals surface area contributed by atoms with E-state index in [2.05, 4.69) is 20.3 Å². The zero-order valence-electron chi connectivity index (χ0n) is 17.4. The van der Waals surface area contributed by atoms with Crippen LogP contribution in [0.15, 0.2) is 71.9 Å². The van der Waals surface area contributed by atoms with E-state index in [0.717, 1.165) is 18.2 Å². The predicted molar refractivity (Wildman–Crippen MR) is 125 cm³/mol. The molecular formula is C25H15ClF2N4O2. The van der Waals surface area contributed by atoms with E-state index in [1.807, 2.05) is 0 Å². The Morgan fingerprint density at radius 1 is 0.971 bits per heavy atom. The normalized spacial score (nSPS) is 12.3. The third-order valence-electron chi connectivity index (χ3n) is 5.34. The molecule has 0 saturated heterocycles. The fourth-order valence-corrected chi connectivity index (χ4v) is 3.89. The molecule has 1 aliphatic rings. The first-order valence-electron chi connectivity index (χ1n) is 10.2. The number of aromatic carboxylic acids is 1. The minimum Gasteiger partial charge on any atom is -0.478 e. The number of nitrogens with one attached hydrogen (secondary N) is 1. The van der Waals surface area contributed by atoms with E-state index in [4.69, 9.17) is 16.7 Å². The highest BCUT2D eigenvalue weighted by molar-refractivity contribution is 6.31. The van der Waals surface area contributed by atoms with Crippen LogP contribution in [0.2, 0.25) is 5.02 Å². The summed E-state index contributed by atoms with van der Waals surface area (Å²) < 4.78 is 28.6. The quantitative estimate of drug-likeness (QED) is 0.385. The zero-order chi connectivity index (χ0) is 23.8. The van der Waals surface area contributed by atoms with Gasteiger partial charge in [-0.05, 0) is 54.6 Å². The lowest BCUT2D eigenvalue weighted by Crippen LogP contribution is -2.08. The van der Waals surface area contributed by atoms with Crippen LogP contribution in [0.5, 0.6) is 0 Å². The van der Waals surface area contributed by atoms with Crippen molar-refractivity contribution in [2.24, 2.45) is 4.99 Å². The van der Waals surface area contributed by atoms with E-state index >= 15 is 0 Å². The van der Waals surface area contributed by atoms with Crippen LogP contribution in [0.25, 0.3) is 11.3 Å². The van der Waals surface area contributed by atoms with Gasteiger partial charge in [0.25, 0.3) is 0 Å². The number of nitrogens with zero attached hydrogens (tertiary/aromatic N) is 3. The number of carboxylic acid groups (broad SMARTS) is 1. The van der Waals surface area contributed by atoms with Crippen molar-refractivity contribution >= 4 is 34.9 Å². The van der Waals surface area contributed by atoms with Crippen molar-refractivity contribution in [3.05, 3.63) is 106 Å². The van der Waals surface area contributed by atoms with Gasteiger partial charge >= 0.3 is 5.97 Å². The van der Waals surface area contributed by atoms with E-state index in [0.29, 0.717) is 33.1 Å². The summed E-state index contributed by atoms with van der Waals surface area (Å²) in [5, 5.41) is 12.5. The number of halogens is 3. The largest absolute Gasteiger partial charge is 0.478 e. The number of aromatic nitrogens is 2. The van der Waals surface area contributed by atoms with Gasteiger partial charge in [-0.3, -0.25) is 4.99 Å². The molecule has 0 aliphatic carbocycles. The molecule has 0 unspecified atom stereocenters. The second-order valence-electron chi connectivity index (χ2n) is 7.55. The van der Waals surface area contributed by atoms with Crippen LogP contribution in [0, 0.1) is 11.6 Å². The van der Waals surface area contributed by atoms with Gasteiger partial charge in [0.1, 0.15) is 11.6 Å². The maximum absolute atomic E-state index is 14.6. The van der Waals surface area contributed by atoms with Crippen LogP contribution in [-0.2, 0) is 6.54 Å². The molecule has 0 atom stereocenters. The molecule has 34 heavy (non-hydrogen) atoms. The van der Waals surface area contributed by atoms with Crippen LogP contribution >= 0.6 is 11.6 Å². The van der Waals surface area contributed by atoms with Gasteiger partial charge in [-0.2, -0.15) is 0 Å². The first kappa shape index (κ1) is 21.7. The molecule has 1 aliphatic heterocycles. The number of hydrogen-bond donors (Lipinski definition) is 2. The molecule has 9 heteroatoms. The van der Waals surface area contributed by atoms with Gasteiger partial charge in [-0.15, -0.1) is 0 Å². The Morgan fingerprint density at radius 2 is 1.76 bits per heavy atom. The number of fused-ring (bicyclic) bond motifs is 3. The van der Waals surface area contributed by atoms with Crippen LogP contribution < -0.4 is 5.32 Å². The number of carboxylic acids is 1. The molecular weight excluding hydrogens is 462 g/mol. The topological polar surface area (TPSA) is 87.5 Å². The predicted octanol–water partition coefficient (Wildman–Crippen LogP) is 5.87. The third-order valence-corrected chi connectivity index (χ3v) is 5.57. The number of aliphatic imine (C=N–C) groups is 1. The highest BCUT2D eigenvalue weighted by Crippen LogP contribution is 2.34. The maximum Gasteiger partial charge on any atom is 0.335 e. The third kappa shape index (κ3) is 4.11. The minimum absolute atomic E-state index is 0.0288. The molecule has 2 N–H and O–H groups in total. The molecule has 2 heterocycles. The van der Waals surface area contributed by atoms with Crippen molar-refractivity contribution < 1.29 is 18.7 Å². The monoisotopic (exact) mass is 476 g/mol. The van der Waals surface area contributed by atoms with Crippen molar-refractivity contribution in [1.82, 2.24) is 9.97 Å². The molecule has 168 valence electrons. The fraction of sp³-hybridized carbons (Fsp3) is 0.0400. The maximum atomic E-state index is 14.6.